The molecule has 1 saturated carbocycles. The summed E-state index contributed by atoms with van der Waals surface area (Å²) in [5.41, 5.74) is 0.607. The number of ketones is 1. The monoisotopic (exact) mass is 197 g/mol. The zero-order chi connectivity index (χ0) is 10.8. The Balaban J connectivity index is 2.66. The number of rotatable bonds is 1. The van der Waals surface area contributed by atoms with Gasteiger partial charge in [-0.05, 0) is 11.8 Å². The Morgan fingerprint density at radius 2 is 2.07 bits per heavy atom. The Hall–Kier alpha value is -1.19. The van der Waals surface area contributed by atoms with Gasteiger partial charge in [0, 0.05) is 19.8 Å². The molecule has 1 aliphatic rings. The predicted molar refractivity (Wildman–Crippen MR) is 51.8 cm³/mol. The standard InChI is InChI=1S/C10H15NO3/c1-7(12)14-11-8-4-9(13)6-10(2,3)5-8/h4-6H2,1-3H3/b11-8+. The maximum atomic E-state index is 11.3. The van der Waals surface area contributed by atoms with Gasteiger partial charge in [0.2, 0.25) is 0 Å². The predicted octanol–water partition coefficient (Wildman–Crippen LogP) is 1.68. The van der Waals surface area contributed by atoms with E-state index in [4.69, 9.17) is 0 Å². The van der Waals surface area contributed by atoms with Crippen molar-refractivity contribution in [2.75, 3.05) is 0 Å². The van der Waals surface area contributed by atoms with Gasteiger partial charge < -0.3 is 4.84 Å². The molecule has 0 N–H and O–H groups in total. The third-order valence-electron chi connectivity index (χ3n) is 2.06. The van der Waals surface area contributed by atoms with E-state index >= 15 is 0 Å². The van der Waals surface area contributed by atoms with Gasteiger partial charge in [0.25, 0.3) is 0 Å². The summed E-state index contributed by atoms with van der Waals surface area (Å²) in [4.78, 5) is 26.3. The molecular formula is C10H15NO3. The van der Waals surface area contributed by atoms with E-state index < -0.39 is 5.97 Å². The quantitative estimate of drug-likeness (QED) is 0.474. The molecule has 1 rings (SSSR count). The van der Waals surface area contributed by atoms with Crippen molar-refractivity contribution < 1.29 is 14.4 Å². The lowest BCUT2D eigenvalue weighted by atomic mass is 9.76. The van der Waals surface area contributed by atoms with Crippen LogP contribution in [0.5, 0.6) is 0 Å². The van der Waals surface area contributed by atoms with Crippen LogP contribution in [0.3, 0.4) is 0 Å². The molecule has 0 amide bonds. The van der Waals surface area contributed by atoms with Crippen molar-refractivity contribution in [3.8, 4) is 0 Å². The summed E-state index contributed by atoms with van der Waals surface area (Å²) in [5, 5.41) is 3.68. The van der Waals surface area contributed by atoms with E-state index in [9.17, 15) is 9.59 Å². The van der Waals surface area contributed by atoms with Crippen molar-refractivity contribution >= 4 is 17.5 Å². The minimum atomic E-state index is -0.451. The maximum absolute atomic E-state index is 11.3. The average Bonchev–Trinajstić information content (AvgIpc) is 1.96. The Morgan fingerprint density at radius 3 is 2.57 bits per heavy atom. The lowest BCUT2D eigenvalue weighted by Gasteiger charge is -2.28. The van der Waals surface area contributed by atoms with Crippen LogP contribution in [-0.2, 0) is 14.4 Å². The Labute approximate surface area is 83.3 Å². The second-order valence-electron chi connectivity index (χ2n) is 4.47. The molecule has 1 fully saturated rings. The van der Waals surface area contributed by atoms with Gasteiger partial charge in [-0.3, -0.25) is 4.79 Å². The van der Waals surface area contributed by atoms with Crippen molar-refractivity contribution in [3.63, 3.8) is 0 Å². The topological polar surface area (TPSA) is 55.7 Å². The molecule has 0 spiro atoms. The molecule has 0 saturated heterocycles. The molecule has 1 aliphatic carbocycles. The van der Waals surface area contributed by atoms with E-state index in [1.165, 1.54) is 6.92 Å². The Morgan fingerprint density at radius 1 is 1.43 bits per heavy atom. The SMILES string of the molecule is CC(=O)O/N=C1\CC(=O)CC(C)(C)C1. The molecule has 4 nitrogen and oxygen atoms in total. The number of hydrogen-bond donors (Lipinski definition) is 0. The number of Topliss-reactive ketones (excluding diaryl/α,β-unsaturated/α-hetero) is 1. The zero-order valence-electron chi connectivity index (χ0n) is 8.79. The number of carbonyl (C=O) groups is 2. The van der Waals surface area contributed by atoms with E-state index in [2.05, 4.69) is 9.99 Å². The van der Waals surface area contributed by atoms with Gasteiger partial charge in [0.15, 0.2) is 0 Å². The van der Waals surface area contributed by atoms with Crippen molar-refractivity contribution in [3.05, 3.63) is 0 Å². The van der Waals surface area contributed by atoms with Crippen molar-refractivity contribution in [1.29, 1.82) is 0 Å². The highest BCUT2D eigenvalue weighted by molar-refractivity contribution is 6.04. The highest BCUT2D eigenvalue weighted by atomic mass is 16.7. The lowest BCUT2D eigenvalue weighted by molar-refractivity contribution is -0.141. The first-order valence-corrected chi connectivity index (χ1v) is 4.64. The Kier molecular flexibility index (Phi) is 3.03. The summed E-state index contributed by atoms with van der Waals surface area (Å²) >= 11 is 0. The highest BCUT2D eigenvalue weighted by Gasteiger charge is 2.30. The number of oxime groups is 1. The molecule has 0 aromatic rings. The fraction of sp³-hybridized carbons (Fsp3) is 0.700. The molecule has 14 heavy (non-hydrogen) atoms. The zero-order valence-corrected chi connectivity index (χ0v) is 8.79. The third-order valence-corrected chi connectivity index (χ3v) is 2.06. The smallest absolute Gasteiger partial charge is 0.319 e. The summed E-state index contributed by atoms with van der Waals surface area (Å²) in [6, 6.07) is 0. The minimum Gasteiger partial charge on any atom is -0.319 e. The summed E-state index contributed by atoms with van der Waals surface area (Å²) in [6.45, 7) is 5.31. The van der Waals surface area contributed by atoms with Crippen molar-refractivity contribution in [1.82, 2.24) is 0 Å². The first-order chi connectivity index (χ1) is 6.39. The molecule has 78 valence electrons. The molecule has 0 heterocycles. The fourth-order valence-electron chi connectivity index (χ4n) is 1.69. The molecule has 0 atom stereocenters. The summed E-state index contributed by atoms with van der Waals surface area (Å²) in [7, 11) is 0. The molecule has 0 aliphatic heterocycles. The second kappa shape index (κ2) is 3.90. The summed E-state index contributed by atoms with van der Waals surface area (Å²) in [6.07, 6.45) is 1.61. The van der Waals surface area contributed by atoms with Crippen LogP contribution in [-0.4, -0.2) is 17.5 Å². The normalized spacial score (nSPS) is 23.6. The van der Waals surface area contributed by atoms with E-state index in [1.807, 2.05) is 13.8 Å². The summed E-state index contributed by atoms with van der Waals surface area (Å²) < 4.78 is 0. The van der Waals surface area contributed by atoms with E-state index in [-0.39, 0.29) is 11.2 Å². The third kappa shape index (κ3) is 3.28. The molecule has 0 radical (unpaired) electrons. The van der Waals surface area contributed by atoms with Gasteiger partial charge >= 0.3 is 5.97 Å². The highest BCUT2D eigenvalue weighted by Crippen LogP contribution is 2.31. The van der Waals surface area contributed by atoms with Crippen LogP contribution in [0.1, 0.15) is 40.0 Å². The van der Waals surface area contributed by atoms with Gasteiger partial charge in [0.1, 0.15) is 5.78 Å². The number of carbonyl (C=O) groups excluding carboxylic acids is 2. The van der Waals surface area contributed by atoms with Crippen LogP contribution in [0.25, 0.3) is 0 Å². The van der Waals surface area contributed by atoms with Crippen LogP contribution in [0.4, 0.5) is 0 Å². The van der Waals surface area contributed by atoms with Crippen LogP contribution < -0.4 is 0 Å². The first-order valence-electron chi connectivity index (χ1n) is 4.64. The first kappa shape index (κ1) is 10.9. The number of nitrogens with zero attached hydrogens (tertiary/aromatic N) is 1. The second-order valence-corrected chi connectivity index (χ2v) is 4.47. The fourth-order valence-corrected chi connectivity index (χ4v) is 1.69. The van der Waals surface area contributed by atoms with Crippen LogP contribution >= 0.6 is 0 Å². The van der Waals surface area contributed by atoms with E-state index in [0.29, 0.717) is 25.0 Å². The van der Waals surface area contributed by atoms with Gasteiger partial charge in [-0.2, -0.15) is 0 Å². The van der Waals surface area contributed by atoms with E-state index in [1.54, 1.807) is 0 Å². The van der Waals surface area contributed by atoms with Crippen LogP contribution in [0.2, 0.25) is 0 Å². The van der Waals surface area contributed by atoms with Gasteiger partial charge in [0.05, 0.1) is 5.71 Å². The Bertz CT molecular complexity index is 292. The average molecular weight is 197 g/mol. The van der Waals surface area contributed by atoms with Gasteiger partial charge in [-0.25, -0.2) is 4.79 Å². The van der Waals surface area contributed by atoms with Crippen LogP contribution in [0, 0.1) is 5.41 Å². The molecule has 0 aromatic carbocycles. The number of hydrogen-bond acceptors (Lipinski definition) is 4. The molecule has 0 unspecified atom stereocenters. The lowest BCUT2D eigenvalue weighted by Crippen LogP contribution is -2.29. The molecule has 4 heteroatoms. The van der Waals surface area contributed by atoms with Gasteiger partial charge in [-0.15, -0.1) is 0 Å². The molecular weight excluding hydrogens is 182 g/mol. The minimum absolute atomic E-state index is 0.0612. The molecule has 0 aromatic heterocycles. The van der Waals surface area contributed by atoms with Crippen molar-refractivity contribution in [2.45, 2.75) is 40.0 Å². The van der Waals surface area contributed by atoms with Crippen LogP contribution in [0.15, 0.2) is 5.16 Å². The van der Waals surface area contributed by atoms with Gasteiger partial charge in [-0.1, -0.05) is 19.0 Å². The summed E-state index contributed by atoms with van der Waals surface area (Å²) in [5.74, 6) is -0.291. The molecule has 0 bridgehead atoms. The van der Waals surface area contributed by atoms with Crippen molar-refractivity contribution in [2.24, 2.45) is 10.6 Å². The van der Waals surface area contributed by atoms with E-state index in [0.717, 1.165) is 0 Å². The maximum Gasteiger partial charge on any atom is 0.331 e. The largest absolute Gasteiger partial charge is 0.331 e.